The topological polar surface area (TPSA) is 75.4 Å². The summed E-state index contributed by atoms with van der Waals surface area (Å²) in [6.07, 6.45) is 3.62. The van der Waals surface area contributed by atoms with Crippen LogP contribution in [0.25, 0.3) is 0 Å². The summed E-state index contributed by atoms with van der Waals surface area (Å²) in [6.45, 7) is 6.31. The molecule has 5 heteroatoms. The quantitative estimate of drug-likeness (QED) is 0.764. The number of hydrogen-bond donors (Lipinski definition) is 2. The van der Waals surface area contributed by atoms with Crippen molar-refractivity contribution in [2.24, 2.45) is 17.1 Å². The summed E-state index contributed by atoms with van der Waals surface area (Å²) in [5.74, 6) is -0.282. The van der Waals surface area contributed by atoms with E-state index in [2.05, 4.69) is 12.2 Å². The summed E-state index contributed by atoms with van der Waals surface area (Å²) in [5, 5.41) is 3.31. The van der Waals surface area contributed by atoms with Gasteiger partial charge in [0.15, 0.2) is 0 Å². The van der Waals surface area contributed by atoms with Gasteiger partial charge in [-0.2, -0.15) is 0 Å². The van der Waals surface area contributed by atoms with Gasteiger partial charge in [-0.3, -0.25) is 9.59 Å². The number of piperidine rings is 2. The average Bonchev–Trinajstić information content (AvgIpc) is 2.39. The largest absolute Gasteiger partial charge is 0.369 e. The van der Waals surface area contributed by atoms with E-state index in [-0.39, 0.29) is 29.2 Å². The Morgan fingerprint density at radius 2 is 2.11 bits per heavy atom. The number of carbonyl (C=O) groups is 2. The van der Waals surface area contributed by atoms with E-state index in [4.69, 9.17) is 5.73 Å². The highest BCUT2D eigenvalue weighted by atomic mass is 16.2. The van der Waals surface area contributed by atoms with Crippen LogP contribution >= 0.6 is 0 Å². The van der Waals surface area contributed by atoms with Crippen molar-refractivity contribution >= 4 is 11.8 Å². The molecule has 5 nitrogen and oxygen atoms in total. The molecular formula is C14H25N3O2. The van der Waals surface area contributed by atoms with Crippen LogP contribution in [0.15, 0.2) is 0 Å². The molecule has 2 aliphatic rings. The number of nitrogens with zero attached hydrogens (tertiary/aromatic N) is 1. The standard InChI is InChI=1S/C14H25N3O2/c1-10-4-5-11(12(15)18)8-17(10)13(19)14(2)6-3-7-16-9-14/h10-11,16H,3-9H2,1-2H3,(H2,15,18). The first-order valence-electron chi connectivity index (χ1n) is 7.25. The Bertz CT molecular complexity index is 364. The second-order valence-electron chi connectivity index (χ2n) is 6.32. The van der Waals surface area contributed by atoms with Gasteiger partial charge in [-0.25, -0.2) is 0 Å². The predicted octanol–water partition coefficient (Wildman–Crippen LogP) is 0.489. The summed E-state index contributed by atoms with van der Waals surface area (Å²) in [6, 6.07) is 0.210. The molecule has 2 rings (SSSR count). The molecule has 0 aromatic carbocycles. The van der Waals surface area contributed by atoms with E-state index in [0.717, 1.165) is 38.8 Å². The maximum absolute atomic E-state index is 12.8. The second kappa shape index (κ2) is 5.49. The van der Waals surface area contributed by atoms with Crippen molar-refractivity contribution in [3.05, 3.63) is 0 Å². The number of nitrogens with two attached hydrogens (primary N) is 1. The van der Waals surface area contributed by atoms with Gasteiger partial charge in [0.1, 0.15) is 0 Å². The van der Waals surface area contributed by atoms with Crippen LogP contribution in [0, 0.1) is 11.3 Å². The van der Waals surface area contributed by atoms with Crippen molar-refractivity contribution in [1.29, 1.82) is 0 Å². The number of primary amides is 1. The third-order valence-corrected chi connectivity index (χ3v) is 4.66. The molecule has 108 valence electrons. The minimum absolute atomic E-state index is 0.179. The molecule has 3 unspecified atom stereocenters. The van der Waals surface area contributed by atoms with Crippen molar-refractivity contribution in [3.63, 3.8) is 0 Å². The highest BCUT2D eigenvalue weighted by molar-refractivity contribution is 5.84. The molecule has 0 aromatic rings. The van der Waals surface area contributed by atoms with E-state index in [9.17, 15) is 9.59 Å². The Morgan fingerprint density at radius 3 is 2.68 bits per heavy atom. The van der Waals surface area contributed by atoms with Crippen molar-refractivity contribution in [3.8, 4) is 0 Å². The Hall–Kier alpha value is -1.10. The molecule has 0 aliphatic carbocycles. The smallest absolute Gasteiger partial charge is 0.230 e. The van der Waals surface area contributed by atoms with Crippen LogP contribution in [0.2, 0.25) is 0 Å². The molecule has 0 radical (unpaired) electrons. The fourth-order valence-electron chi connectivity index (χ4n) is 3.21. The van der Waals surface area contributed by atoms with Crippen molar-refractivity contribution < 1.29 is 9.59 Å². The summed E-state index contributed by atoms with van der Waals surface area (Å²) >= 11 is 0. The van der Waals surface area contributed by atoms with Crippen molar-refractivity contribution in [1.82, 2.24) is 10.2 Å². The monoisotopic (exact) mass is 267 g/mol. The summed E-state index contributed by atoms with van der Waals surface area (Å²) < 4.78 is 0. The molecule has 2 heterocycles. The molecule has 0 bridgehead atoms. The lowest BCUT2D eigenvalue weighted by molar-refractivity contribution is -0.147. The second-order valence-corrected chi connectivity index (χ2v) is 6.32. The van der Waals surface area contributed by atoms with Gasteiger partial charge in [0, 0.05) is 19.1 Å². The van der Waals surface area contributed by atoms with Crippen LogP contribution < -0.4 is 11.1 Å². The molecule has 2 fully saturated rings. The minimum atomic E-state index is -0.327. The maximum Gasteiger partial charge on any atom is 0.230 e. The molecule has 2 amide bonds. The lowest BCUT2D eigenvalue weighted by atomic mass is 9.80. The summed E-state index contributed by atoms with van der Waals surface area (Å²) in [7, 11) is 0. The van der Waals surface area contributed by atoms with Crippen molar-refractivity contribution in [2.75, 3.05) is 19.6 Å². The summed E-state index contributed by atoms with van der Waals surface area (Å²) in [5.41, 5.74) is 5.07. The fraction of sp³-hybridized carbons (Fsp3) is 0.857. The van der Waals surface area contributed by atoms with Crippen molar-refractivity contribution in [2.45, 2.75) is 45.6 Å². The molecule has 0 saturated carbocycles. The molecule has 0 aromatic heterocycles. The van der Waals surface area contributed by atoms with E-state index >= 15 is 0 Å². The Labute approximate surface area is 114 Å². The first kappa shape index (κ1) is 14.3. The number of likely N-dealkylation sites (tertiary alicyclic amines) is 1. The van der Waals surface area contributed by atoms with Gasteiger partial charge in [-0.15, -0.1) is 0 Å². The zero-order valence-corrected chi connectivity index (χ0v) is 11.9. The highest BCUT2D eigenvalue weighted by Gasteiger charge is 2.41. The van der Waals surface area contributed by atoms with Gasteiger partial charge in [0.25, 0.3) is 0 Å². The molecule has 2 saturated heterocycles. The van der Waals surface area contributed by atoms with E-state index in [1.165, 1.54) is 0 Å². The Balaban J connectivity index is 2.09. The third-order valence-electron chi connectivity index (χ3n) is 4.66. The Kier molecular flexibility index (Phi) is 4.13. The molecule has 0 spiro atoms. The zero-order valence-electron chi connectivity index (χ0n) is 11.9. The van der Waals surface area contributed by atoms with Crippen LogP contribution in [0.5, 0.6) is 0 Å². The minimum Gasteiger partial charge on any atom is -0.369 e. The lowest BCUT2D eigenvalue weighted by Crippen LogP contribution is -2.56. The first-order chi connectivity index (χ1) is 8.94. The van der Waals surface area contributed by atoms with Crippen LogP contribution in [-0.2, 0) is 9.59 Å². The van der Waals surface area contributed by atoms with Gasteiger partial charge < -0.3 is 16.0 Å². The van der Waals surface area contributed by atoms with E-state index < -0.39 is 0 Å². The summed E-state index contributed by atoms with van der Waals surface area (Å²) in [4.78, 5) is 26.0. The zero-order chi connectivity index (χ0) is 14.0. The van der Waals surface area contributed by atoms with Crippen LogP contribution in [0.1, 0.15) is 39.5 Å². The fourth-order valence-corrected chi connectivity index (χ4v) is 3.21. The van der Waals surface area contributed by atoms with Gasteiger partial charge in [-0.05, 0) is 46.1 Å². The Morgan fingerprint density at radius 1 is 1.37 bits per heavy atom. The lowest BCUT2D eigenvalue weighted by Gasteiger charge is -2.43. The molecule has 3 N–H and O–H groups in total. The van der Waals surface area contributed by atoms with E-state index in [1.807, 2.05) is 11.8 Å². The van der Waals surface area contributed by atoms with Gasteiger partial charge in [0.2, 0.25) is 11.8 Å². The van der Waals surface area contributed by atoms with Crippen LogP contribution in [0.3, 0.4) is 0 Å². The third kappa shape index (κ3) is 2.91. The predicted molar refractivity (Wildman–Crippen MR) is 73.3 cm³/mol. The number of rotatable bonds is 2. The van der Waals surface area contributed by atoms with Gasteiger partial charge >= 0.3 is 0 Å². The van der Waals surface area contributed by atoms with E-state index in [0.29, 0.717) is 6.54 Å². The first-order valence-corrected chi connectivity index (χ1v) is 7.25. The SMILES string of the molecule is CC1CCC(C(N)=O)CN1C(=O)C1(C)CCCNC1. The van der Waals surface area contributed by atoms with Gasteiger partial charge in [0.05, 0.1) is 11.3 Å². The molecular weight excluding hydrogens is 242 g/mol. The van der Waals surface area contributed by atoms with E-state index in [1.54, 1.807) is 0 Å². The number of carbonyl (C=O) groups excluding carboxylic acids is 2. The van der Waals surface area contributed by atoms with Crippen LogP contribution in [0.4, 0.5) is 0 Å². The molecule has 2 aliphatic heterocycles. The number of hydrogen-bond acceptors (Lipinski definition) is 3. The maximum atomic E-state index is 12.8. The van der Waals surface area contributed by atoms with Gasteiger partial charge in [-0.1, -0.05) is 0 Å². The number of amides is 2. The average molecular weight is 267 g/mol. The number of nitrogens with one attached hydrogen (secondary N) is 1. The highest BCUT2D eigenvalue weighted by Crippen LogP contribution is 2.32. The normalized spacial score (nSPS) is 36.0. The van der Waals surface area contributed by atoms with Crippen LogP contribution in [-0.4, -0.2) is 42.4 Å². The molecule has 19 heavy (non-hydrogen) atoms. The molecule has 3 atom stereocenters.